The maximum Gasteiger partial charge on any atom is 0.337 e. The number of fused-ring (bicyclic) bond motifs is 2. The summed E-state index contributed by atoms with van der Waals surface area (Å²) in [6, 6.07) is 7.64. The van der Waals surface area contributed by atoms with Crippen LogP contribution >= 0.6 is 0 Å². The Hall–Kier alpha value is -3.42. The Morgan fingerprint density at radius 2 is 1.44 bits per heavy atom. The van der Waals surface area contributed by atoms with Crippen LogP contribution in [0.15, 0.2) is 30.3 Å². The maximum atomic E-state index is 12.6. The Morgan fingerprint density at radius 1 is 0.815 bits per heavy atom. The van der Waals surface area contributed by atoms with E-state index in [2.05, 4.69) is 5.32 Å². The number of carbonyl (C=O) groups excluding carboxylic acids is 1. The van der Waals surface area contributed by atoms with Crippen LogP contribution in [-0.2, 0) is 0 Å². The minimum atomic E-state index is -1.18. The quantitative estimate of drug-likeness (QED) is 0.855. The number of ether oxygens (including phenoxy) is 4. The minimum absolute atomic E-state index is 0.0786. The average Bonchev–Trinajstić information content (AvgIpc) is 2.91. The number of rotatable bonds is 3. The molecule has 0 radical (unpaired) electrons. The van der Waals surface area contributed by atoms with E-state index in [0.29, 0.717) is 61.4 Å². The van der Waals surface area contributed by atoms with Crippen LogP contribution in [0.5, 0.6) is 23.0 Å². The first-order valence-corrected chi connectivity index (χ1v) is 8.50. The van der Waals surface area contributed by atoms with Crippen molar-refractivity contribution < 1.29 is 33.6 Å². The zero-order valence-corrected chi connectivity index (χ0v) is 14.3. The number of hydrogen-bond donors (Lipinski definition) is 2. The van der Waals surface area contributed by atoms with Crippen molar-refractivity contribution >= 4 is 17.6 Å². The number of carboxylic acids is 1. The van der Waals surface area contributed by atoms with Gasteiger partial charge in [-0.1, -0.05) is 0 Å². The van der Waals surface area contributed by atoms with Gasteiger partial charge in [-0.05, 0) is 18.2 Å². The van der Waals surface area contributed by atoms with Gasteiger partial charge in [0.05, 0.1) is 24.5 Å². The van der Waals surface area contributed by atoms with Crippen LogP contribution in [0.3, 0.4) is 0 Å². The van der Waals surface area contributed by atoms with Crippen molar-refractivity contribution in [2.75, 3.05) is 31.7 Å². The molecule has 2 aromatic rings. The topological polar surface area (TPSA) is 103 Å². The molecule has 0 saturated heterocycles. The number of hydrogen-bond acceptors (Lipinski definition) is 6. The highest BCUT2D eigenvalue weighted by atomic mass is 16.6. The van der Waals surface area contributed by atoms with E-state index in [1.165, 1.54) is 12.1 Å². The molecule has 0 saturated carbocycles. The lowest BCUT2D eigenvalue weighted by molar-refractivity contribution is 0.0697. The van der Waals surface area contributed by atoms with E-state index < -0.39 is 11.9 Å². The molecule has 2 heterocycles. The van der Waals surface area contributed by atoms with Gasteiger partial charge in [-0.25, -0.2) is 4.79 Å². The van der Waals surface area contributed by atoms with Gasteiger partial charge < -0.3 is 29.4 Å². The molecule has 4 rings (SSSR count). The first-order chi connectivity index (χ1) is 13.1. The van der Waals surface area contributed by atoms with Crippen molar-refractivity contribution in [3.8, 4) is 23.0 Å². The highest BCUT2D eigenvalue weighted by Crippen LogP contribution is 2.36. The molecular formula is C19H17NO7. The summed E-state index contributed by atoms with van der Waals surface area (Å²) >= 11 is 0. The fourth-order valence-electron chi connectivity index (χ4n) is 2.87. The van der Waals surface area contributed by atoms with E-state index in [1.807, 2.05) is 0 Å². The molecule has 2 aliphatic rings. The molecule has 27 heavy (non-hydrogen) atoms. The summed E-state index contributed by atoms with van der Waals surface area (Å²) in [7, 11) is 0. The number of nitrogens with one attached hydrogen (secondary N) is 1. The maximum absolute atomic E-state index is 12.6. The van der Waals surface area contributed by atoms with Gasteiger partial charge >= 0.3 is 5.97 Å². The highest BCUT2D eigenvalue weighted by molar-refractivity contribution is 6.08. The second-order valence-corrected chi connectivity index (χ2v) is 6.01. The zero-order valence-electron chi connectivity index (χ0n) is 14.3. The Morgan fingerprint density at radius 3 is 2.19 bits per heavy atom. The second-order valence-electron chi connectivity index (χ2n) is 6.01. The summed E-state index contributed by atoms with van der Waals surface area (Å²) < 4.78 is 22.0. The molecule has 0 aromatic heterocycles. The molecule has 8 heteroatoms. The Balaban J connectivity index is 1.64. The standard InChI is InChI=1S/C19H17NO7/c21-18(11-2-3-14-15(8-11)27-7-6-26-14)20-13-10-17-16(9-12(13)19(22)23)24-4-1-5-25-17/h2-3,8-10H,1,4-7H2,(H,20,21)(H,22,23). The van der Waals surface area contributed by atoms with Crippen LogP contribution in [-0.4, -0.2) is 43.4 Å². The van der Waals surface area contributed by atoms with Gasteiger partial charge in [0, 0.05) is 24.1 Å². The molecular weight excluding hydrogens is 354 g/mol. The number of aromatic carboxylic acids is 1. The van der Waals surface area contributed by atoms with Gasteiger partial charge in [-0.15, -0.1) is 0 Å². The molecule has 0 aliphatic carbocycles. The van der Waals surface area contributed by atoms with Crippen molar-refractivity contribution in [2.24, 2.45) is 0 Å². The molecule has 140 valence electrons. The van der Waals surface area contributed by atoms with E-state index in [9.17, 15) is 14.7 Å². The predicted octanol–water partition coefficient (Wildman–Crippen LogP) is 2.57. The first kappa shape index (κ1) is 17.0. The molecule has 1 amide bonds. The number of anilines is 1. The summed E-state index contributed by atoms with van der Waals surface area (Å²) in [5, 5.41) is 12.1. The van der Waals surface area contributed by atoms with Gasteiger partial charge in [0.15, 0.2) is 23.0 Å². The summed E-state index contributed by atoms with van der Waals surface area (Å²) in [5.41, 5.74) is 0.375. The summed E-state index contributed by atoms with van der Waals surface area (Å²) in [4.78, 5) is 24.3. The van der Waals surface area contributed by atoms with Crippen molar-refractivity contribution in [2.45, 2.75) is 6.42 Å². The SMILES string of the molecule is O=C(Nc1cc2c(cc1C(=O)O)OCCCO2)c1ccc2c(c1)OCCO2. The normalized spacial score (nSPS) is 14.8. The lowest BCUT2D eigenvalue weighted by Crippen LogP contribution is -2.18. The van der Waals surface area contributed by atoms with Gasteiger partial charge in [0.2, 0.25) is 0 Å². The fraction of sp³-hybridized carbons (Fsp3) is 0.263. The lowest BCUT2D eigenvalue weighted by atomic mass is 10.1. The zero-order chi connectivity index (χ0) is 18.8. The molecule has 2 aliphatic heterocycles. The summed E-state index contributed by atoms with van der Waals surface area (Å²) in [5.74, 6) is 0.148. The van der Waals surface area contributed by atoms with Crippen molar-refractivity contribution in [1.82, 2.24) is 0 Å². The average molecular weight is 371 g/mol. The number of amides is 1. The Kier molecular flexibility index (Phi) is 4.45. The van der Waals surface area contributed by atoms with E-state index in [4.69, 9.17) is 18.9 Å². The van der Waals surface area contributed by atoms with Crippen LogP contribution < -0.4 is 24.3 Å². The van der Waals surface area contributed by atoms with Crippen LogP contribution in [0.2, 0.25) is 0 Å². The van der Waals surface area contributed by atoms with Crippen LogP contribution in [0, 0.1) is 0 Å². The molecule has 0 bridgehead atoms. The van der Waals surface area contributed by atoms with E-state index in [0.717, 1.165) is 0 Å². The number of benzene rings is 2. The smallest absolute Gasteiger partial charge is 0.337 e. The highest BCUT2D eigenvalue weighted by Gasteiger charge is 2.21. The van der Waals surface area contributed by atoms with Crippen LogP contribution in [0.4, 0.5) is 5.69 Å². The molecule has 0 unspecified atom stereocenters. The molecule has 2 N–H and O–H groups in total. The van der Waals surface area contributed by atoms with Gasteiger partial charge in [0.1, 0.15) is 13.2 Å². The third-order valence-corrected chi connectivity index (χ3v) is 4.17. The first-order valence-electron chi connectivity index (χ1n) is 8.50. The van der Waals surface area contributed by atoms with Gasteiger partial charge in [-0.2, -0.15) is 0 Å². The molecule has 2 aromatic carbocycles. The van der Waals surface area contributed by atoms with Crippen molar-refractivity contribution in [3.63, 3.8) is 0 Å². The number of carboxylic acid groups (broad SMARTS) is 1. The second kappa shape index (κ2) is 7.06. The Bertz CT molecular complexity index is 909. The lowest BCUT2D eigenvalue weighted by Gasteiger charge is -2.19. The van der Waals surface area contributed by atoms with E-state index in [-0.39, 0.29) is 11.3 Å². The molecule has 0 atom stereocenters. The van der Waals surface area contributed by atoms with Crippen molar-refractivity contribution in [3.05, 3.63) is 41.5 Å². The largest absolute Gasteiger partial charge is 0.490 e. The van der Waals surface area contributed by atoms with Crippen LogP contribution in [0.25, 0.3) is 0 Å². The van der Waals surface area contributed by atoms with Gasteiger partial charge in [0.25, 0.3) is 5.91 Å². The fourth-order valence-corrected chi connectivity index (χ4v) is 2.87. The summed E-state index contributed by atoms with van der Waals surface area (Å²) in [6.07, 6.45) is 0.690. The van der Waals surface area contributed by atoms with Gasteiger partial charge in [-0.3, -0.25) is 4.79 Å². The number of carbonyl (C=O) groups is 2. The Labute approximate surface area is 154 Å². The van der Waals surface area contributed by atoms with E-state index >= 15 is 0 Å². The van der Waals surface area contributed by atoms with Crippen LogP contribution in [0.1, 0.15) is 27.1 Å². The third-order valence-electron chi connectivity index (χ3n) is 4.17. The molecule has 0 fully saturated rings. The van der Waals surface area contributed by atoms with Crippen molar-refractivity contribution in [1.29, 1.82) is 0 Å². The summed E-state index contributed by atoms with van der Waals surface area (Å²) in [6.45, 7) is 1.75. The minimum Gasteiger partial charge on any atom is -0.490 e. The molecule has 8 nitrogen and oxygen atoms in total. The predicted molar refractivity (Wildman–Crippen MR) is 94.4 cm³/mol. The van der Waals surface area contributed by atoms with E-state index in [1.54, 1.807) is 18.2 Å². The third kappa shape index (κ3) is 3.46. The monoisotopic (exact) mass is 371 g/mol. The molecule has 0 spiro atoms.